The van der Waals surface area contributed by atoms with Crippen molar-refractivity contribution in [2.75, 3.05) is 20.8 Å². The number of hydrogen-bond donors (Lipinski definition) is 0. The van der Waals surface area contributed by atoms with E-state index in [1.807, 2.05) is 55.5 Å². The largest absolute Gasteiger partial charge is 0.493 e. The maximum absolute atomic E-state index is 13.7. The van der Waals surface area contributed by atoms with Crippen LogP contribution in [0.1, 0.15) is 56.3 Å². The van der Waals surface area contributed by atoms with Crippen LogP contribution in [0.3, 0.4) is 0 Å². The number of hydrogen-bond acceptors (Lipinski definition) is 7. The van der Waals surface area contributed by atoms with E-state index in [4.69, 9.17) is 14.2 Å². The molecule has 2 aromatic carbocycles. The van der Waals surface area contributed by atoms with E-state index >= 15 is 0 Å². The molecule has 1 aliphatic heterocycles. The monoisotopic (exact) mass is 506 g/mol. The molecule has 0 saturated carbocycles. The second-order valence-corrected chi connectivity index (χ2v) is 9.75. The summed E-state index contributed by atoms with van der Waals surface area (Å²) in [5.74, 6) is 1.09. The van der Waals surface area contributed by atoms with Gasteiger partial charge in [0.1, 0.15) is 0 Å². The quantitative estimate of drug-likeness (QED) is 0.454. The Bertz CT molecular complexity index is 1500. The molecular formula is C28H30N2O5S. The van der Waals surface area contributed by atoms with Crippen molar-refractivity contribution in [3.63, 3.8) is 0 Å². The Kier molecular flexibility index (Phi) is 7.45. The zero-order chi connectivity index (χ0) is 26.0. The Morgan fingerprint density at radius 2 is 1.86 bits per heavy atom. The molecule has 188 valence electrons. The predicted octanol–water partition coefficient (Wildman–Crippen LogP) is 3.94. The molecule has 0 N–H and O–H groups in total. The van der Waals surface area contributed by atoms with Crippen molar-refractivity contribution in [1.29, 1.82) is 0 Å². The van der Waals surface area contributed by atoms with Gasteiger partial charge >= 0.3 is 5.97 Å². The number of benzene rings is 2. The van der Waals surface area contributed by atoms with Gasteiger partial charge in [0.05, 0.1) is 42.7 Å². The minimum Gasteiger partial charge on any atom is -0.493 e. The zero-order valence-electron chi connectivity index (χ0n) is 21.3. The normalized spacial score (nSPS) is 15.5. The Hall–Kier alpha value is -3.65. The van der Waals surface area contributed by atoms with E-state index in [1.165, 1.54) is 24.0 Å². The maximum atomic E-state index is 13.7. The summed E-state index contributed by atoms with van der Waals surface area (Å²) in [6.07, 6.45) is 1.81. The minimum absolute atomic E-state index is 0.223. The van der Waals surface area contributed by atoms with Gasteiger partial charge in [0.15, 0.2) is 16.3 Å². The summed E-state index contributed by atoms with van der Waals surface area (Å²) < 4.78 is 18.2. The van der Waals surface area contributed by atoms with Crippen LogP contribution in [0.15, 0.2) is 63.5 Å². The molecule has 0 aliphatic carbocycles. The Balaban J connectivity index is 1.90. The molecule has 3 aromatic rings. The number of aromatic nitrogens is 1. The SMILES string of the molecule is CCOc1cc(/C=c2\sc3n(c2=O)[C@H](c2ccc(C(C)C)cc2)C(C(=O)OC)=C(C)N=3)ccc1OC. The number of methoxy groups -OCH3 is 2. The van der Waals surface area contributed by atoms with E-state index in [9.17, 15) is 9.59 Å². The van der Waals surface area contributed by atoms with Gasteiger partial charge in [0, 0.05) is 0 Å². The molecule has 1 aromatic heterocycles. The van der Waals surface area contributed by atoms with Crippen LogP contribution >= 0.6 is 11.3 Å². The summed E-state index contributed by atoms with van der Waals surface area (Å²) in [4.78, 5) is 31.7. The fraction of sp³-hybridized carbons (Fsp3) is 0.321. The molecule has 0 radical (unpaired) electrons. The van der Waals surface area contributed by atoms with Gasteiger partial charge in [-0.15, -0.1) is 0 Å². The number of carbonyl (C=O) groups is 1. The van der Waals surface area contributed by atoms with Crippen LogP contribution in [0.25, 0.3) is 6.08 Å². The summed E-state index contributed by atoms with van der Waals surface area (Å²) in [5.41, 5.74) is 3.47. The highest BCUT2D eigenvalue weighted by atomic mass is 32.1. The van der Waals surface area contributed by atoms with Crippen LogP contribution in [0.2, 0.25) is 0 Å². The van der Waals surface area contributed by atoms with Crippen LogP contribution in [-0.4, -0.2) is 31.4 Å². The lowest BCUT2D eigenvalue weighted by atomic mass is 9.93. The predicted molar refractivity (Wildman–Crippen MR) is 140 cm³/mol. The second kappa shape index (κ2) is 10.5. The van der Waals surface area contributed by atoms with Crippen molar-refractivity contribution in [3.05, 3.63) is 90.1 Å². The van der Waals surface area contributed by atoms with Gasteiger partial charge < -0.3 is 14.2 Å². The fourth-order valence-electron chi connectivity index (χ4n) is 4.27. The number of thiazole rings is 1. The number of allylic oxidation sites excluding steroid dienone is 1. The zero-order valence-corrected chi connectivity index (χ0v) is 22.1. The van der Waals surface area contributed by atoms with E-state index in [-0.39, 0.29) is 5.56 Å². The van der Waals surface area contributed by atoms with E-state index < -0.39 is 12.0 Å². The fourth-order valence-corrected chi connectivity index (χ4v) is 5.32. The lowest BCUT2D eigenvalue weighted by Crippen LogP contribution is -2.39. The summed E-state index contributed by atoms with van der Waals surface area (Å²) in [7, 11) is 2.93. The maximum Gasteiger partial charge on any atom is 0.338 e. The van der Waals surface area contributed by atoms with Crippen LogP contribution in [0, 0.1) is 0 Å². The standard InChI is InChI=1S/C28H30N2O5S/c1-7-35-22-14-18(8-13-21(22)33-5)15-23-26(31)30-25(20-11-9-19(10-12-20)16(2)3)24(27(32)34-6)17(4)29-28(30)36-23/h8-16,25H,7H2,1-6H3/b23-15-/t25-/m1/s1. The van der Waals surface area contributed by atoms with Gasteiger partial charge in [-0.3, -0.25) is 9.36 Å². The molecule has 7 nitrogen and oxygen atoms in total. The Morgan fingerprint density at radius 1 is 1.14 bits per heavy atom. The van der Waals surface area contributed by atoms with Gasteiger partial charge in [-0.2, -0.15) is 0 Å². The average Bonchev–Trinajstić information content (AvgIpc) is 3.17. The third kappa shape index (κ3) is 4.73. The van der Waals surface area contributed by atoms with Crippen LogP contribution < -0.4 is 24.4 Å². The minimum atomic E-state index is -0.632. The molecular weight excluding hydrogens is 476 g/mol. The van der Waals surface area contributed by atoms with E-state index in [0.29, 0.717) is 44.6 Å². The van der Waals surface area contributed by atoms with E-state index in [1.54, 1.807) is 18.6 Å². The van der Waals surface area contributed by atoms with Gasteiger partial charge in [0.25, 0.3) is 5.56 Å². The summed E-state index contributed by atoms with van der Waals surface area (Å²) in [5, 5.41) is 0. The van der Waals surface area contributed by atoms with Crippen molar-refractivity contribution in [2.45, 2.75) is 39.7 Å². The molecule has 1 aliphatic rings. The number of ether oxygens (including phenoxy) is 3. The van der Waals surface area contributed by atoms with Crippen LogP contribution in [0.5, 0.6) is 11.5 Å². The number of carbonyl (C=O) groups excluding carboxylic acids is 1. The summed E-state index contributed by atoms with van der Waals surface area (Å²) in [6.45, 7) is 8.42. The van der Waals surface area contributed by atoms with Crippen molar-refractivity contribution < 1.29 is 19.0 Å². The summed E-state index contributed by atoms with van der Waals surface area (Å²) in [6, 6.07) is 12.9. The molecule has 0 spiro atoms. The molecule has 0 amide bonds. The smallest absolute Gasteiger partial charge is 0.338 e. The van der Waals surface area contributed by atoms with Gasteiger partial charge in [-0.1, -0.05) is 55.5 Å². The van der Waals surface area contributed by atoms with Gasteiger partial charge in [-0.05, 0) is 54.7 Å². The Labute approximate surface area is 214 Å². The van der Waals surface area contributed by atoms with Crippen molar-refractivity contribution in [2.24, 2.45) is 4.99 Å². The average molecular weight is 507 g/mol. The highest BCUT2D eigenvalue weighted by Gasteiger charge is 2.33. The molecule has 1 atom stereocenters. The molecule has 0 unspecified atom stereocenters. The van der Waals surface area contributed by atoms with Crippen LogP contribution in [0.4, 0.5) is 0 Å². The molecule has 8 heteroatoms. The van der Waals surface area contributed by atoms with E-state index in [2.05, 4.69) is 18.8 Å². The number of fused-ring (bicyclic) bond motifs is 1. The van der Waals surface area contributed by atoms with Crippen LogP contribution in [-0.2, 0) is 9.53 Å². The number of nitrogens with zero attached hydrogens (tertiary/aromatic N) is 2. The Morgan fingerprint density at radius 3 is 2.47 bits per heavy atom. The first-order valence-electron chi connectivity index (χ1n) is 11.8. The van der Waals surface area contributed by atoms with Crippen molar-refractivity contribution in [1.82, 2.24) is 4.57 Å². The highest BCUT2D eigenvalue weighted by molar-refractivity contribution is 7.07. The molecule has 36 heavy (non-hydrogen) atoms. The van der Waals surface area contributed by atoms with Gasteiger partial charge in [0.2, 0.25) is 0 Å². The first-order chi connectivity index (χ1) is 17.3. The second-order valence-electron chi connectivity index (χ2n) is 8.74. The highest BCUT2D eigenvalue weighted by Crippen LogP contribution is 2.32. The first-order valence-corrected chi connectivity index (χ1v) is 12.6. The summed E-state index contributed by atoms with van der Waals surface area (Å²) >= 11 is 1.29. The molecule has 0 saturated heterocycles. The lowest BCUT2D eigenvalue weighted by molar-refractivity contribution is -0.136. The van der Waals surface area contributed by atoms with E-state index in [0.717, 1.165) is 11.1 Å². The number of esters is 1. The lowest BCUT2D eigenvalue weighted by Gasteiger charge is -2.24. The molecule has 0 bridgehead atoms. The van der Waals surface area contributed by atoms with Crippen molar-refractivity contribution in [3.8, 4) is 11.5 Å². The van der Waals surface area contributed by atoms with Gasteiger partial charge in [-0.25, -0.2) is 9.79 Å². The third-order valence-electron chi connectivity index (χ3n) is 6.13. The third-order valence-corrected chi connectivity index (χ3v) is 7.11. The first kappa shape index (κ1) is 25.4. The topological polar surface area (TPSA) is 79.1 Å². The number of rotatable bonds is 7. The molecule has 4 rings (SSSR count). The molecule has 0 fully saturated rings. The molecule has 2 heterocycles. The van der Waals surface area contributed by atoms with Crippen molar-refractivity contribution >= 4 is 23.4 Å².